The fourth-order valence-electron chi connectivity index (χ4n) is 9.54. The van der Waals surface area contributed by atoms with Crippen LogP contribution in [0.25, 0.3) is 0 Å². The summed E-state index contributed by atoms with van der Waals surface area (Å²) in [7, 11) is 0. The smallest absolute Gasteiger partial charge is 0.0654 e. The molecule has 0 saturated heterocycles. The fourth-order valence-corrected chi connectivity index (χ4v) is 13.3. The molecule has 13 heteroatoms. The summed E-state index contributed by atoms with van der Waals surface area (Å²) >= 11 is -5.29. The van der Waals surface area contributed by atoms with Crippen molar-refractivity contribution in [3.05, 3.63) is 0 Å². The summed E-state index contributed by atoms with van der Waals surface area (Å²) in [5.74, 6) is -13.9. The van der Waals surface area contributed by atoms with Gasteiger partial charge in [-0.25, -0.2) is 0 Å². The first kappa shape index (κ1) is 72.1. The second kappa shape index (κ2) is 50.6. The molecule has 0 amide bonds. The van der Waals surface area contributed by atoms with Gasteiger partial charge >= 0.3 is 285 Å². The molecule has 0 rings (SSSR count). The zero-order valence-corrected chi connectivity index (χ0v) is 51.1. The van der Waals surface area contributed by atoms with Gasteiger partial charge in [-0.1, -0.05) is 175 Å². The van der Waals surface area contributed by atoms with E-state index in [-0.39, 0.29) is 19.3 Å². The molecule has 0 spiro atoms. The number of carbonyl (C=O) groups excluding carboxylic acids is 3. The summed E-state index contributed by atoms with van der Waals surface area (Å²) in [6, 6.07) is 0. The summed E-state index contributed by atoms with van der Waals surface area (Å²) in [5, 5.41) is 64.1. The quantitative estimate of drug-likeness (QED) is 0.0192. The molecule has 0 aromatic heterocycles. The van der Waals surface area contributed by atoms with Crippen LogP contribution >= 0.6 is 0 Å². The van der Waals surface area contributed by atoms with Crippen molar-refractivity contribution in [3.8, 4) is 0 Å². The van der Waals surface area contributed by atoms with Crippen molar-refractivity contribution in [1.82, 2.24) is 0 Å². The van der Waals surface area contributed by atoms with Crippen LogP contribution in [0.5, 0.6) is 0 Å². The zero-order valence-electron chi connectivity index (χ0n) is 47.6. The third kappa shape index (κ3) is 45.8. The van der Waals surface area contributed by atoms with Crippen LogP contribution < -0.4 is 0 Å². The molecule has 0 aliphatic rings. The number of unbranched alkanes of at least 4 members (excludes halogenated alkanes) is 45. The van der Waals surface area contributed by atoms with Gasteiger partial charge in [0.05, 0.1) is 0 Å². The fraction of sp³-hybridized carbons (Fsp3) is 0.950. The van der Waals surface area contributed by atoms with E-state index in [2.05, 4.69) is 20.8 Å². The van der Waals surface area contributed by atoms with E-state index >= 15 is 0 Å². The minimum Gasteiger partial charge on any atom is -0.0654 e. The Hall–Kier alpha value is -0.947. The van der Waals surface area contributed by atoms with Crippen molar-refractivity contribution in [2.24, 2.45) is 0 Å². The molecule has 0 saturated carbocycles. The maximum atomic E-state index is 13.1. The van der Waals surface area contributed by atoms with Crippen LogP contribution in [0.4, 0.5) is 0 Å². The van der Waals surface area contributed by atoms with Gasteiger partial charge in [-0.15, -0.1) is 0 Å². The second-order valence-electron chi connectivity index (χ2n) is 22.0. The second-order valence-corrected chi connectivity index (χ2v) is 25.8. The van der Waals surface area contributed by atoms with Crippen LogP contribution in [0.3, 0.4) is 0 Å². The van der Waals surface area contributed by atoms with Crippen molar-refractivity contribution < 1.29 is 53.5 Å². The van der Waals surface area contributed by atoms with Crippen molar-refractivity contribution in [2.45, 2.75) is 366 Å². The van der Waals surface area contributed by atoms with E-state index in [1.54, 1.807) is 0 Å². The Kier molecular flexibility index (Phi) is 49.9. The van der Waals surface area contributed by atoms with E-state index in [1.807, 2.05) is 0 Å². The molecule has 12 nitrogen and oxygen atoms in total. The van der Waals surface area contributed by atoms with Crippen molar-refractivity contribution in [3.63, 3.8) is 0 Å². The van der Waals surface area contributed by atoms with Crippen molar-refractivity contribution in [1.29, 1.82) is 0 Å². The molecular formula is C60H117BiO12. The summed E-state index contributed by atoms with van der Waals surface area (Å²) < 4.78 is 15.4. The van der Waals surface area contributed by atoms with Gasteiger partial charge in [-0.3, -0.25) is 0 Å². The van der Waals surface area contributed by atoms with E-state index in [1.165, 1.54) is 193 Å². The Morgan fingerprint density at radius 3 is 0.507 bits per heavy atom. The van der Waals surface area contributed by atoms with Gasteiger partial charge in [0, 0.05) is 0 Å². The number of carbonyl (C=O) groups is 3. The van der Waals surface area contributed by atoms with E-state index in [0.29, 0.717) is 19.3 Å². The molecule has 0 aliphatic carbocycles. The molecule has 0 atom stereocenters. The van der Waals surface area contributed by atoms with Crippen LogP contribution in [-0.4, -0.2) is 89.0 Å². The molecule has 0 aliphatic heterocycles. The number of hydrogen-bond acceptors (Lipinski definition) is 12. The van der Waals surface area contributed by atoms with Gasteiger partial charge in [0.1, 0.15) is 0 Å². The minimum absolute atomic E-state index is 0.283. The van der Waals surface area contributed by atoms with E-state index in [4.69, 9.17) is 8.44 Å². The summed E-state index contributed by atoms with van der Waals surface area (Å²) in [4.78, 5) is 39.3. The molecule has 6 N–H and O–H groups in total. The minimum atomic E-state index is -5.29. The van der Waals surface area contributed by atoms with Gasteiger partial charge in [0.25, 0.3) is 0 Å². The van der Waals surface area contributed by atoms with Crippen LogP contribution in [0.2, 0.25) is 0 Å². The van der Waals surface area contributed by atoms with Crippen LogP contribution in [0.15, 0.2) is 0 Å². The molecule has 0 heterocycles. The number of aliphatic hydroxyl groups is 6. The first-order chi connectivity index (χ1) is 35.2. The van der Waals surface area contributed by atoms with Gasteiger partial charge in [-0.2, -0.15) is 0 Å². The molecule has 0 unspecified atom stereocenters. The van der Waals surface area contributed by atoms with Crippen LogP contribution in [0.1, 0.15) is 348 Å². The van der Waals surface area contributed by atoms with Crippen molar-refractivity contribution >= 4 is 41.0 Å². The standard InChI is InChI=1S/3C20H40O4.Bi/c3*1-2-3-4-5-6-7-8-9-10-11-12-13-14-15-16-17-18-20(23,24)19(21)22;/h3*23-24H,2-18H2,1H3,(H,21,22);/q;;;+3/p-3. The molecule has 434 valence electrons. The Labute approximate surface area is 457 Å². The van der Waals surface area contributed by atoms with Crippen LogP contribution in [-0.2, 0) is 22.8 Å². The normalized spacial score (nSPS) is 12.2. The Morgan fingerprint density at radius 2 is 0.370 bits per heavy atom. The topological polar surface area (TPSA) is 200 Å². The van der Waals surface area contributed by atoms with E-state index in [9.17, 15) is 45.0 Å². The third-order valence-electron chi connectivity index (χ3n) is 14.6. The molecule has 0 radical (unpaired) electrons. The third-order valence-corrected chi connectivity index (χ3v) is 18.3. The van der Waals surface area contributed by atoms with E-state index < -0.39 is 77.6 Å². The molecule has 0 fully saturated rings. The SMILES string of the molecule is CCCCCCCCCCCCCCCCCCC(O)(O)C(=O)[O][Bi]([O]C(=O)C(O)(O)CCCCCCCCCCCCCCCCCC)[O]C(=O)C(O)(O)CCCCCCCCCCCCCCCCCC. The number of rotatable bonds is 57. The first-order valence-electron chi connectivity index (χ1n) is 31.0. The molecule has 0 aromatic carbocycles. The molecular weight excluding hydrogens is 1120 g/mol. The summed E-state index contributed by atoms with van der Waals surface area (Å²) in [6.45, 7) is 6.72. The average molecular weight is 1240 g/mol. The van der Waals surface area contributed by atoms with Crippen molar-refractivity contribution in [2.75, 3.05) is 0 Å². The predicted octanol–water partition coefficient (Wildman–Crippen LogP) is 15.6. The molecule has 0 aromatic rings. The Bertz CT molecular complexity index is 1100. The monoisotopic (exact) mass is 1240 g/mol. The predicted molar refractivity (Wildman–Crippen MR) is 298 cm³/mol. The van der Waals surface area contributed by atoms with E-state index in [0.717, 1.165) is 77.0 Å². The Morgan fingerprint density at radius 1 is 0.247 bits per heavy atom. The first-order valence-corrected chi connectivity index (χ1v) is 35.3. The summed E-state index contributed by atoms with van der Waals surface area (Å²) in [5.41, 5.74) is 0. The zero-order chi connectivity index (χ0) is 54.0. The maximum absolute atomic E-state index is 13.1. The molecule has 0 bridgehead atoms. The average Bonchev–Trinajstić information content (AvgIpc) is 3.35. The molecule has 73 heavy (non-hydrogen) atoms. The van der Waals surface area contributed by atoms with Gasteiger partial charge in [-0.05, 0) is 0 Å². The summed E-state index contributed by atoms with van der Waals surface area (Å²) in [6.07, 6.45) is 52.9. The van der Waals surface area contributed by atoms with Gasteiger partial charge < -0.3 is 0 Å². The Balaban J connectivity index is 4.94. The van der Waals surface area contributed by atoms with Crippen LogP contribution in [0, 0.1) is 0 Å². The number of hydrogen-bond donors (Lipinski definition) is 6. The van der Waals surface area contributed by atoms with Gasteiger partial charge in [0.2, 0.25) is 0 Å². The van der Waals surface area contributed by atoms with Gasteiger partial charge in [0.15, 0.2) is 0 Å².